The number of carbonyl (C=O) groups excluding carboxylic acids is 2. The number of hydrazone groups is 1. The molecule has 1 saturated carbocycles. The Morgan fingerprint density at radius 1 is 1.24 bits per heavy atom. The van der Waals surface area contributed by atoms with Gasteiger partial charge in [0, 0.05) is 12.0 Å². The van der Waals surface area contributed by atoms with Gasteiger partial charge in [-0.05, 0) is 50.7 Å². The number of primary amides is 1. The van der Waals surface area contributed by atoms with Crippen LogP contribution in [0.2, 0.25) is 0 Å². The van der Waals surface area contributed by atoms with Crippen LogP contribution in [0, 0.1) is 5.92 Å². The summed E-state index contributed by atoms with van der Waals surface area (Å²) in [5.74, 6) is 0.0384. The van der Waals surface area contributed by atoms with Gasteiger partial charge in [-0.25, -0.2) is 0 Å². The van der Waals surface area contributed by atoms with Crippen molar-refractivity contribution >= 4 is 23.2 Å². The first-order valence-corrected chi connectivity index (χ1v) is 8.91. The van der Waals surface area contributed by atoms with Crippen LogP contribution in [0.15, 0.2) is 35.4 Å². The predicted octanol–water partition coefficient (Wildman–Crippen LogP) is 2.19. The van der Waals surface area contributed by atoms with Crippen molar-refractivity contribution < 1.29 is 9.59 Å². The zero-order valence-electron chi connectivity index (χ0n) is 14.9. The number of nitrogens with one attached hydrogen (secondary N) is 1. The molecule has 0 radical (unpaired) electrons. The van der Waals surface area contributed by atoms with Crippen LogP contribution >= 0.6 is 0 Å². The number of anilines is 1. The summed E-state index contributed by atoms with van der Waals surface area (Å²) < 4.78 is 0. The lowest BCUT2D eigenvalue weighted by molar-refractivity contribution is -0.119. The van der Waals surface area contributed by atoms with E-state index < -0.39 is 11.9 Å². The van der Waals surface area contributed by atoms with Gasteiger partial charge in [-0.2, -0.15) is 5.10 Å². The van der Waals surface area contributed by atoms with Gasteiger partial charge in [-0.15, -0.1) is 0 Å². The van der Waals surface area contributed by atoms with Gasteiger partial charge < -0.3 is 11.1 Å². The monoisotopic (exact) mass is 342 g/mol. The van der Waals surface area contributed by atoms with Gasteiger partial charge in [0.15, 0.2) is 0 Å². The molecule has 3 N–H and O–H groups in total. The number of nitrogens with zero attached hydrogens (tertiary/aromatic N) is 2. The molecule has 1 unspecified atom stereocenters. The number of nitrogens with two attached hydrogens (primary N) is 1. The fourth-order valence-electron chi connectivity index (χ4n) is 3.56. The van der Waals surface area contributed by atoms with E-state index >= 15 is 0 Å². The second kappa shape index (κ2) is 6.86. The van der Waals surface area contributed by atoms with Crippen molar-refractivity contribution in [2.75, 3.05) is 5.01 Å². The maximum atomic E-state index is 12.7. The molecule has 25 heavy (non-hydrogen) atoms. The molecule has 2 amide bonds. The van der Waals surface area contributed by atoms with Crippen molar-refractivity contribution in [2.45, 2.75) is 57.5 Å². The van der Waals surface area contributed by atoms with Gasteiger partial charge in [0.05, 0.1) is 5.69 Å². The number of hydrogen-bond acceptors (Lipinski definition) is 4. The molecule has 1 aromatic carbocycles. The maximum Gasteiger partial charge on any atom is 0.268 e. The Balaban J connectivity index is 1.75. The zero-order valence-corrected chi connectivity index (χ0v) is 14.9. The Hall–Kier alpha value is -2.37. The van der Waals surface area contributed by atoms with Crippen molar-refractivity contribution in [3.8, 4) is 0 Å². The van der Waals surface area contributed by atoms with Crippen LogP contribution in [0.1, 0.15) is 46.0 Å². The molecule has 1 fully saturated rings. The van der Waals surface area contributed by atoms with Gasteiger partial charge in [-0.1, -0.05) is 25.1 Å². The molecular weight excluding hydrogens is 316 g/mol. The summed E-state index contributed by atoms with van der Waals surface area (Å²) in [7, 11) is 0. The van der Waals surface area contributed by atoms with Gasteiger partial charge in [0.25, 0.3) is 5.91 Å². The largest absolute Gasteiger partial charge is 0.368 e. The number of rotatable bonds is 4. The van der Waals surface area contributed by atoms with E-state index in [1.807, 2.05) is 30.3 Å². The summed E-state index contributed by atoms with van der Waals surface area (Å²) in [6.07, 6.45) is 4.40. The molecule has 0 bridgehead atoms. The Kier molecular flexibility index (Phi) is 4.79. The van der Waals surface area contributed by atoms with E-state index in [-0.39, 0.29) is 17.9 Å². The van der Waals surface area contributed by atoms with Crippen molar-refractivity contribution in [1.82, 2.24) is 5.32 Å². The summed E-state index contributed by atoms with van der Waals surface area (Å²) in [6.45, 7) is 4.34. The highest BCUT2D eigenvalue weighted by Gasteiger charge is 2.38. The molecule has 1 aromatic rings. The van der Waals surface area contributed by atoms with Gasteiger partial charge in [-0.3, -0.25) is 14.6 Å². The molecule has 3 rings (SSSR count). The summed E-state index contributed by atoms with van der Waals surface area (Å²) in [4.78, 5) is 24.5. The first kappa shape index (κ1) is 17.5. The topological polar surface area (TPSA) is 87.8 Å². The fourth-order valence-corrected chi connectivity index (χ4v) is 3.56. The Morgan fingerprint density at radius 2 is 1.88 bits per heavy atom. The van der Waals surface area contributed by atoms with Crippen molar-refractivity contribution in [2.24, 2.45) is 16.8 Å². The van der Waals surface area contributed by atoms with E-state index in [4.69, 9.17) is 5.73 Å². The van der Waals surface area contributed by atoms with E-state index in [1.165, 1.54) is 0 Å². The number of para-hydroxylation sites is 1. The second-order valence-electron chi connectivity index (χ2n) is 7.55. The third-order valence-corrected chi connectivity index (χ3v) is 5.31. The molecule has 6 nitrogen and oxygen atoms in total. The van der Waals surface area contributed by atoms with Gasteiger partial charge in [0.1, 0.15) is 11.8 Å². The van der Waals surface area contributed by atoms with E-state index in [0.717, 1.165) is 31.4 Å². The zero-order chi connectivity index (χ0) is 18.0. The summed E-state index contributed by atoms with van der Waals surface area (Å²) in [5, 5.41) is 9.11. The molecule has 6 heteroatoms. The molecule has 0 saturated heterocycles. The maximum absolute atomic E-state index is 12.7. The van der Waals surface area contributed by atoms with E-state index in [1.54, 1.807) is 5.01 Å². The molecule has 1 aliphatic carbocycles. The fraction of sp³-hybridized carbons (Fsp3) is 0.526. The lowest BCUT2D eigenvalue weighted by Crippen LogP contribution is -2.50. The second-order valence-corrected chi connectivity index (χ2v) is 7.55. The first-order valence-electron chi connectivity index (χ1n) is 8.91. The van der Waals surface area contributed by atoms with E-state index in [9.17, 15) is 9.59 Å². The van der Waals surface area contributed by atoms with Crippen LogP contribution in [-0.2, 0) is 9.59 Å². The van der Waals surface area contributed by atoms with E-state index in [0.29, 0.717) is 11.6 Å². The molecule has 134 valence electrons. The molecule has 1 heterocycles. The van der Waals surface area contributed by atoms with Gasteiger partial charge >= 0.3 is 0 Å². The minimum absolute atomic E-state index is 0.193. The smallest absolute Gasteiger partial charge is 0.268 e. The summed E-state index contributed by atoms with van der Waals surface area (Å²) in [5.41, 5.74) is 6.45. The number of benzene rings is 1. The first-order chi connectivity index (χ1) is 11.9. The average molecular weight is 342 g/mol. The number of carbonyl (C=O) groups is 2. The van der Waals surface area contributed by atoms with Crippen LogP contribution in [0.4, 0.5) is 5.69 Å². The lowest BCUT2D eigenvalue weighted by Gasteiger charge is -2.37. The lowest BCUT2D eigenvalue weighted by atomic mass is 9.78. The normalized spacial score (nSPS) is 29.2. The summed E-state index contributed by atoms with van der Waals surface area (Å²) in [6, 6.07) is 8.70. The Morgan fingerprint density at radius 3 is 2.48 bits per heavy atom. The standard InChI is InChI=1S/C19H26N4O2/c1-13-8-10-19(2,11-9-13)21-18(25)15-12-16(17(20)24)23(22-15)14-6-4-3-5-7-14/h3-7,13,16H,8-12H2,1-2H3,(H2,20,24)(H,21,25). The van der Waals surface area contributed by atoms with Crippen LogP contribution in [0.5, 0.6) is 0 Å². The van der Waals surface area contributed by atoms with Crippen LogP contribution in [-0.4, -0.2) is 29.1 Å². The highest BCUT2D eigenvalue weighted by molar-refractivity contribution is 6.40. The molecule has 0 spiro atoms. The highest BCUT2D eigenvalue weighted by Crippen LogP contribution is 2.32. The average Bonchev–Trinajstić information content (AvgIpc) is 3.04. The van der Waals surface area contributed by atoms with Crippen LogP contribution in [0.25, 0.3) is 0 Å². The minimum atomic E-state index is -0.623. The van der Waals surface area contributed by atoms with Crippen molar-refractivity contribution in [3.63, 3.8) is 0 Å². The van der Waals surface area contributed by atoms with Gasteiger partial charge in [0.2, 0.25) is 5.91 Å². The Labute approximate surface area is 148 Å². The predicted molar refractivity (Wildman–Crippen MR) is 98.1 cm³/mol. The summed E-state index contributed by atoms with van der Waals surface area (Å²) >= 11 is 0. The molecular formula is C19H26N4O2. The van der Waals surface area contributed by atoms with Crippen molar-refractivity contribution in [3.05, 3.63) is 30.3 Å². The molecule has 0 aromatic heterocycles. The SMILES string of the molecule is CC1CCC(C)(NC(=O)C2=NN(c3ccccc3)C(C(N)=O)C2)CC1. The number of hydrogen-bond donors (Lipinski definition) is 2. The molecule has 1 aliphatic heterocycles. The highest BCUT2D eigenvalue weighted by atomic mass is 16.2. The third kappa shape index (κ3) is 3.83. The van der Waals surface area contributed by atoms with Crippen LogP contribution in [0.3, 0.4) is 0 Å². The minimum Gasteiger partial charge on any atom is -0.368 e. The third-order valence-electron chi connectivity index (χ3n) is 5.31. The number of amides is 2. The van der Waals surface area contributed by atoms with E-state index in [2.05, 4.69) is 24.3 Å². The molecule has 2 aliphatic rings. The quantitative estimate of drug-likeness (QED) is 0.879. The van der Waals surface area contributed by atoms with Crippen LogP contribution < -0.4 is 16.1 Å². The van der Waals surface area contributed by atoms with Crippen molar-refractivity contribution in [1.29, 1.82) is 0 Å². The Bertz CT molecular complexity index is 678. The molecule has 1 atom stereocenters.